The molecule has 2 aromatic rings. The van der Waals surface area contributed by atoms with E-state index in [1.807, 2.05) is 6.92 Å². The number of pyridine rings is 1. The van der Waals surface area contributed by atoms with Crippen molar-refractivity contribution in [3.8, 4) is 5.75 Å². The van der Waals surface area contributed by atoms with E-state index < -0.39 is 6.36 Å². The quantitative estimate of drug-likeness (QED) is 0.320. The molecule has 2 heterocycles. The van der Waals surface area contributed by atoms with Crippen molar-refractivity contribution in [2.45, 2.75) is 88.5 Å². The summed E-state index contributed by atoms with van der Waals surface area (Å²) in [6.07, 6.45) is 5.57. The molecule has 1 unspecified atom stereocenters. The van der Waals surface area contributed by atoms with Crippen LogP contribution in [0.5, 0.6) is 5.75 Å². The van der Waals surface area contributed by atoms with E-state index in [4.69, 9.17) is 4.74 Å². The molecule has 180 valence electrons. The second-order valence-electron chi connectivity index (χ2n) is 9.63. The van der Waals surface area contributed by atoms with E-state index >= 15 is 0 Å². The van der Waals surface area contributed by atoms with Crippen LogP contribution in [0.4, 0.5) is 17.6 Å². The molecule has 4 rings (SSSR count). The van der Waals surface area contributed by atoms with Crippen LogP contribution in [0.1, 0.15) is 74.6 Å². The monoisotopic (exact) mass is 465 g/mol. The van der Waals surface area contributed by atoms with E-state index in [0.29, 0.717) is 18.6 Å². The molecule has 33 heavy (non-hydrogen) atoms. The van der Waals surface area contributed by atoms with E-state index in [2.05, 4.69) is 9.72 Å². The number of benzene rings is 1. The molecule has 1 aromatic heterocycles. The predicted molar refractivity (Wildman–Crippen MR) is 118 cm³/mol. The maximum absolute atomic E-state index is 13.8. The number of aromatic nitrogens is 1. The summed E-state index contributed by atoms with van der Waals surface area (Å²) >= 11 is 0. The third-order valence-corrected chi connectivity index (χ3v) is 7.26. The van der Waals surface area contributed by atoms with E-state index in [1.165, 1.54) is 12.3 Å². The number of unbranched alkanes of at least 4 members (excludes halogenated alkanes) is 1. The first-order valence-electron chi connectivity index (χ1n) is 11.8. The maximum atomic E-state index is 13.8. The summed E-state index contributed by atoms with van der Waals surface area (Å²) in [5.74, 6) is -0.470. The summed E-state index contributed by atoms with van der Waals surface area (Å²) in [4.78, 5) is 4.54. The Bertz CT molecular complexity index is 956. The van der Waals surface area contributed by atoms with Crippen molar-refractivity contribution >= 4 is 0 Å². The molecule has 7 heteroatoms. The second-order valence-corrected chi connectivity index (χ2v) is 9.63. The van der Waals surface area contributed by atoms with Crippen LogP contribution >= 0.6 is 0 Å². The Balaban J connectivity index is 1.49. The summed E-state index contributed by atoms with van der Waals surface area (Å²) in [5, 5.41) is 0. The molecule has 2 aliphatic rings. The fourth-order valence-corrected chi connectivity index (χ4v) is 5.90. The fourth-order valence-electron chi connectivity index (χ4n) is 5.90. The topological polar surface area (TPSA) is 31.4 Å². The third-order valence-electron chi connectivity index (χ3n) is 7.26. The van der Waals surface area contributed by atoms with Gasteiger partial charge < -0.3 is 9.47 Å². The number of ether oxygens (including phenoxy) is 2. The highest BCUT2D eigenvalue weighted by atomic mass is 19.4. The molecule has 0 amide bonds. The minimum absolute atomic E-state index is 0.131. The first kappa shape index (κ1) is 24.0. The Labute approximate surface area is 192 Å². The molecular weight excluding hydrogens is 434 g/mol. The van der Waals surface area contributed by atoms with E-state index in [0.717, 1.165) is 69.0 Å². The van der Waals surface area contributed by atoms with Crippen molar-refractivity contribution in [1.82, 2.24) is 4.98 Å². The van der Waals surface area contributed by atoms with Gasteiger partial charge in [-0.15, -0.1) is 13.2 Å². The van der Waals surface area contributed by atoms with Gasteiger partial charge in [-0.05, 0) is 75.1 Å². The summed E-state index contributed by atoms with van der Waals surface area (Å²) < 4.78 is 62.5. The number of para-hydroxylation sites is 1. The van der Waals surface area contributed by atoms with Crippen LogP contribution in [0.15, 0.2) is 36.5 Å². The van der Waals surface area contributed by atoms with Gasteiger partial charge in [0, 0.05) is 17.7 Å². The second kappa shape index (κ2) is 9.61. The van der Waals surface area contributed by atoms with E-state index in [-0.39, 0.29) is 22.6 Å². The lowest BCUT2D eigenvalue weighted by atomic mass is 9.66. The summed E-state index contributed by atoms with van der Waals surface area (Å²) in [6.45, 7) is 2.56. The summed E-state index contributed by atoms with van der Waals surface area (Å²) in [7, 11) is 0. The average molecular weight is 466 g/mol. The summed E-state index contributed by atoms with van der Waals surface area (Å²) in [6, 6.07) is 7.87. The standard InChI is InChI=1S/C26H31F4NO2/c1-19-16-21(27)17-31-23(19)24(14-15-32-25(18-24)12-6-7-13-25)11-5-4-9-20-8-2-3-10-22(20)33-26(28,29)30/h2-3,8,10,16-17H,4-7,9,11-15,18H2,1H3. The number of halogens is 4. The van der Waals surface area contributed by atoms with Crippen molar-refractivity contribution in [3.63, 3.8) is 0 Å². The highest BCUT2D eigenvalue weighted by molar-refractivity contribution is 5.33. The first-order valence-corrected chi connectivity index (χ1v) is 11.8. The predicted octanol–water partition coefficient (Wildman–Crippen LogP) is 7.20. The first-order chi connectivity index (χ1) is 15.7. The number of nitrogens with zero attached hydrogens (tertiary/aromatic N) is 1. The van der Waals surface area contributed by atoms with Crippen LogP contribution < -0.4 is 4.74 Å². The molecule has 1 spiro atoms. The minimum atomic E-state index is -4.70. The van der Waals surface area contributed by atoms with Gasteiger partial charge in [-0.2, -0.15) is 0 Å². The van der Waals surface area contributed by atoms with Crippen LogP contribution in [-0.4, -0.2) is 23.6 Å². The smallest absolute Gasteiger partial charge is 0.406 e. The molecule has 0 bridgehead atoms. The molecule has 1 aliphatic carbocycles. The fraction of sp³-hybridized carbons (Fsp3) is 0.577. The molecule has 0 N–H and O–H groups in total. The Morgan fingerprint density at radius 2 is 1.85 bits per heavy atom. The van der Waals surface area contributed by atoms with Gasteiger partial charge in [0.15, 0.2) is 0 Å². The largest absolute Gasteiger partial charge is 0.573 e. The highest BCUT2D eigenvalue weighted by Gasteiger charge is 2.48. The Morgan fingerprint density at radius 1 is 1.09 bits per heavy atom. The molecule has 0 radical (unpaired) electrons. The van der Waals surface area contributed by atoms with Gasteiger partial charge in [-0.3, -0.25) is 4.98 Å². The molecule has 1 aliphatic heterocycles. The molecule has 3 nitrogen and oxygen atoms in total. The lowest BCUT2D eigenvalue weighted by Gasteiger charge is -2.47. The van der Waals surface area contributed by atoms with Crippen molar-refractivity contribution in [3.05, 3.63) is 59.2 Å². The van der Waals surface area contributed by atoms with E-state index in [9.17, 15) is 17.6 Å². The van der Waals surface area contributed by atoms with Crippen molar-refractivity contribution in [2.75, 3.05) is 6.61 Å². The Kier molecular flexibility index (Phi) is 6.99. The van der Waals surface area contributed by atoms with Gasteiger partial charge in [0.05, 0.1) is 11.8 Å². The van der Waals surface area contributed by atoms with Gasteiger partial charge in [-0.25, -0.2) is 4.39 Å². The SMILES string of the molecule is Cc1cc(F)cnc1C1(CCCCc2ccccc2OC(F)(F)F)CCOC2(CCCC2)C1. The van der Waals surface area contributed by atoms with Gasteiger partial charge in [0.2, 0.25) is 0 Å². The van der Waals surface area contributed by atoms with Crippen LogP contribution in [-0.2, 0) is 16.6 Å². The Hall–Kier alpha value is -2.15. The van der Waals surface area contributed by atoms with Crippen molar-refractivity contribution in [2.24, 2.45) is 0 Å². The summed E-state index contributed by atoms with van der Waals surface area (Å²) in [5.41, 5.74) is 2.02. The zero-order valence-electron chi connectivity index (χ0n) is 19.0. The van der Waals surface area contributed by atoms with Gasteiger partial charge in [0.25, 0.3) is 0 Å². The number of hydrogen-bond donors (Lipinski definition) is 0. The molecule has 1 atom stereocenters. The van der Waals surface area contributed by atoms with E-state index in [1.54, 1.807) is 24.3 Å². The zero-order chi connectivity index (χ0) is 23.5. The van der Waals surface area contributed by atoms with Crippen molar-refractivity contribution < 1.29 is 27.0 Å². The lowest BCUT2D eigenvalue weighted by Crippen LogP contribution is -2.46. The van der Waals surface area contributed by atoms with Crippen LogP contribution in [0.2, 0.25) is 0 Å². The molecule has 1 aromatic carbocycles. The lowest BCUT2D eigenvalue weighted by molar-refractivity contribution is -0.274. The highest BCUT2D eigenvalue weighted by Crippen LogP contribution is 2.51. The molecule has 2 fully saturated rings. The maximum Gasteiger partial charge on any atom is 0.573 e. The van der Waals surface area contributed by atoms with Crippen LogP contribution in [0.25, 0.3) is 0 Å². The normalized spacial score (nSPS) is 22.6. The van der Waals surface area contributed by atoms with Gasteiger partial charge in [0.1, 0.15) is 11.6 Å². The molecule has 1 saturated carbocycles. The number of rotatable bonds is 7. The number of alkyl halides is 3. The van der Waals surface area contributed by atoms with Crippen LogP contribution in [0.3, 0.4) is 0 Å². The minimum Gasteiger partial charge on any atom is -0.406 e. The van der Waals surface area contributed by atoms with Gasteiger partial charge in [-0.1, -0.05) is 37.5 Å². The zero-order valence-corrected chi connectivity index (χ0v) is 19.0. The third kappa shape index (κ3) is 5.68. The average Bonchev–Trinajstić information content (AvgIpc) is 3.18. The van der Waals surface area contributed by atoms with Gasteiger partial charge >= 0.3 is 6.36 Å². The Morgan fingerprint density at radius 3 is 2.58 bits per heavy atom. The van der Waals surface area contributed by atoms with Crippen LogP contribution in [0, 0.1) is 12.7 Å². The molecular formula is C26H31F4NO2. The number of hydrogen-bond acceptors (Lipinski definition) is 3. The molecule has 1 saturated heterocycles. The number of aryl methyl sites for hydroxylation is 2. The van der Waals surface area contributed by atoms with Crippen molar-refractivity contribution in [1.29, 1.82) is 0 Å².